The first-order chi connectivity index (χ1) is 14.0. The molecule has 0 saturated carbocycles. The number of benzene rings is 2. The number of carbonyl (C=O) groups excluding carboxylic acids is 2. The first-order valence-corrected chi connectivity index (χ1v) is 8.86. The molecule has 1 aromatic heterocycles. The fourth-order valence-electron chi connectivity index (χ4n) is 2.54. The van der Waals surface area contributed by atoms with Crippen LogP contribution in [0.4, 0.5) is 4.39 Å². The third-order valence-corrected chi connectivity index (χ3v) is 4.09. The lowest BCUT2D eigenvalue weighted by Crippen LogP contribution is -2.31. The number of hydrogen-bond acceptors (Lipinski definition) is 5. The molecule has 0 fully saturated rings. The maximum Gasteiger partial charge on any atom is 0.342 e. The fourth-order valence-corrected chi connectivity index (χ4v) is 2.54. The molecule has 148 valence electrons. The molecule has 0 bridgehead atoms. The highest BCUT2D eigenvalue weighted by atomic mass is 19.1. The van der Waals surface area contributed by atoms with E-state index >= 15 is 0 Å². The summed E-state index contributed by atoms with van der Waals surface area (Å²) in [4.78, 5) is 30.0. The van der Waals surface area contributed by atoms with Gasteiger partial charge in [-0.05, 0) is 30.3 Å². The van der Waals surface area contributed by atoms with E-state index in [2.05, 4.69) is 4.98 Å². The monoisotopic (exact) mass is 394 g/mol. The van der Waals surface area contributed by atoms with Crippen LogP contribution in [0.25, 0.3) is 0 Å². The number of halogens is 1. The predicted molar refractivity (Wildman–Crippen MR) is 104 cm³/mol. The SMILES string of the molecule is CN(Cc1ccccc1F)C(=O)COC(=O)c1ccccc1Oc1cccnc1. The summed E-state index contributed by atoms with van der Waals surface area (Å²) in [6, 6.07) is 16.1. The average molecular weight is 394 g/mol. The Balaban J connectivity index is 1.60. The van der Waals surface area contributed by atoms with Gasteiger partial charge < -0.3 is 14.4 Å². The molecular weight excluding hydrogens is 375 g/mol. The lowest BCUT2D eigenvalue weighted by molar-refractivity contribution is -0.133. The Labute approximate surface area is 167 Å². The highest BCUT2D eigenvalue weighted by molar-refractivity contribution is 5.94. The Bertz CT molecular complexity index is 995. The molecule has 0 atom stereocenters. The molecule has 3 aromatic rings. The number of nitrogens with zero attached hydrogens (tertiary/aromatic N) is 2. The number of likely N-dealkylation sites (N-methyl/N-ethyl adjacent to an activating group) is 1. The maximum atomic E-state index is 13.7. The second-order valence-electron chi connectivity index (χ2n) is 6.20. The van der Waals surface area contributed by atoms with E-state index in [9.17, 15) is 14.0 Å². The summed E-state index contributed by atoms with van der Waals surface area (Å²) >= 11 is 0. The molecule has 0 radical (unpaired) electrons. The minimum absolute atomic E-state index is 0.0732. The van der Waals surface area contributed by atoms with Crippen molar-refractivity contribution in [1.29, 1.82) is 0 Å². The molecule has 3 rings (SSSR count). The summed E-state index contributed by atoms with van der Waals surface area (Å²) < 4.78 is 24.5. The van der Waals surface area contributed by atoms with Gasteiger partial charge in [-0.15, -0.1) is 0 Å². The molecule has 0 N–H and O–H groups in total. The summed E-state index contributed by atoms with van der Waals surface area (Å²) in [5.41, 5.74) is 0.561. The molecule has 0 saturated heterocycles. The van der Waals surface area contributed by atoms with Crippen molar-refractivity contribution in [2.75, 3.05) is 13.7 Å². The Morgan fingerprint density at radius 3 is 2.55 bits per heavy atom. The van der Waals surface area contributed by atoms with Crippen molar-refractivity contribution in [3.05, 3.63) is 90.0 Å². The number of rotatable bonds is 7. The van der Waals surface area contributed by atoms with Crippen molar-refractivity contribution in [3.63, 3.8) is 0 Å². The van der Waals surface area contributed by atoms with Gasteiger partial charge >= 0.3 is 5.97 Å². The zero-order chi connectivity index (χ0) is 20.6. The van der Waals surface area contributed by atoms with Gasteiger partial charge in [0, 0.05) is 25.4 Å². The van der Waals surface area contributed by atoms with Gasteiger partial charge in [-0.2, -0.15) is 0 Å². The Morgan fingerprint density at radius 2 is 1.79 bits per heavy atom. The first-order valence-electron chi connectivity index (χ1n) is 8.86. The Morgan fingerprint density at radius 1 is 1.03 bits per heavy atom. The molecule has 7 heteroatoms. The number of para-hydroxylation sites is 1. The van der Waals surface area contributed by atoms with Crippen molar-refractivity contribution in [3.8, 4) is 11.5 Å². The zero-order valence-corrected chi connectivity index (χ0v) is 15.7. The normalized spacial score (nSPS) is 10.3. The molecule has 1 amide bonds. The van der Waals surface area contributed by atoms with Crippen molar-refractivity contribution < 1.29 is 23.5 Å². The number of pyridine rings is 1. The molecule has 6 nitrogen and oxygen atoms in total. The van der Waals surface area contributed by atoms with Crippen LogP contribution < -0.4 is 4.74 Å². The summed E-state index contributed by atoms with van der Waals surface area (Å²) in [6.45, 7) is -0.394. The average Bonchev–Trinajstić information content (AvgIpc) is 2.74. The fraction of sp³-hybridized carbons (Fsp3) is 0.136. The lowest BCUT2D eigenvalue weighted by atomic mass is 10.2. The van der Waals surface area contributed by atoms with Gasteiger partial charge in [0.1, 0.15) is 22.9 Å². The molecule has 0 aliphatic carbocycles. The molecule has 29 heavy (non-hydrogen) atoms. The highest BCUT2D eigenvalue weighted by Gasteiger charge is 2.18. The van der Waals surface area contributed by atoms with Crippen LogP contribution in [0.2, 0.25) is 0 Å². The van der Waals surface area contributed by atoms with Crippen LogP contribution in [0.3, 0.4) is 0 Å². The van der Waals surface area contributed by atoms with Gasteiger partial charge in [0.15, 0.2) is 6.61 Å². The summed E-state index contributed by atoms with van der Waals surface area (Å²) in [5, 5.41) is 0. The van der Waals surface area contributed by atoms with E-state index in [-0.39, 0.29) is 17.9 Å². The molecule has 1 heterocycles. The van der Waals surface area contributed by atoms with Gasteiger partial charge in [0.2, 0.25) is 0 Å². The summed E-state index contributed by atoms with van der Waals surface area (Å²) in [6.07, 6.45) is 3.12. The Hall–Kier alpha value is -3.74. The molecule has 0 spiro atoms. The summed E-state index contributed by atoms with van der Waals surface area (Å²) in [5.74, 6) is -0.791. The van der Waals surface area contributed by atoms with Crippen molar-refractivity contribution in [2.24, 2.45) is 0 Å². The second-order valence-corrected chi connectivity index (χ2v) is 6.20. The van der Waals surface area contributed by atoms with E-state index in [1.807, 2.05) is 0 Å². The van der Waals surface area contributed by atoms with Gasteiger partial charge in [-0.25, -0.2) is 9.18 Å². The number of ether oxygens (including phenoxy) is 2. The summed E-state index contributed by atoms with van der Waals surface area (Å²) in [7, 11) is 1.52. The molecular formula is C22H19FN2O4. The van der Waals surface area contributed by atoms with Gasteiger partial charge in [0.25, 0.3) is 5.91 Å². The van der Waals surface area contributed by atoms with Crippen LogP contribution in [0.5, 0.6) is 11.5 Å². The van der Waals surface area contributed by atoms with Crippen LogP contribution in [0.1, 0.15) is 15.9 Å². The third-order valence-electron chi connectivity index (χ3n) is 4.09. The van der Waals surface area contributed by atoms with Crippen LogP contribution >= 0.6 is 0 Å². The van der Waals surface area contributed by atoms with Crippen LogP contribution in [0, 0.1) is 5.82 Å². The predicted octanol–water partition coefficient (Wildman–Crippen LogP) is 3.83. The molecule has 0 aliphatic rings. The molecule has 2 aromatic carbocycles. The highest BCUT2D eigenvalue weighted by Crippen LogP contribution is 2.25. The van der Waals surface area contributed by atoms with E-state index in [4.69, 9.17) is 9.47 Å². The van der Waals surface area contributed by atoms with Crippen LogP contribution in [0.15, 0.2) is 73.1 Å². The standard InChI is InChI=1S/C22H19FN2O4/c1-25(14-16-7-2-4-10-19(16)23)21(26)15-28-22(27)18-9-3-5-11-20(18)29-17-8-6-12-24-13-17/h2-13H,14-15H2,1H3. The van der Waals surface area contributed by atoms with Crippen molar-refractivity contribution in [2.45, 2.75) is 6.54 Å². The molecule has 0 aliphatic heterocycles. The van der Waals surface area contributed by atoms with Gasteiger partial charge in [-0.1, -0.05) is 30.3 Å². The quantitative estimate of drug-likeness (QED) is 0.570. The third kappa shape index (κ3) is 5.38. The number of amides is 1. The smallest absolute Gasteiger partial charge is 0.342 e. The largest absolute Gasteiger partial charge is 0.455 e. The van der Waals surface area contributed by atoms with Gasteiger partial charge in [0.05, 0.1) is 6.20 Å². The van der Waals surface area contributed by atoms with Gasteiger partial charge in [-0.3, -0.25) is 9.78 Å². The minimum atomic E-state index is -0.697. The number of esters is 1. The Kier molecular flexibility index (Phi) is 6.52. The van der Waals surface area contributed by atoms with E-state index < -0.39 is 24.3 Å². The number of hydrogen-bond donors (Lipinski definition) is 0. The van der Waals surface area contributed by atoms with Crippen LogP contribution in [-0.2, 0) is 16.1 Å². The lowest BCUT2D eigenvalue weighted by Gasteiger charge is -2.18. The zero-order valence-electron chi connectivity index (χ0n) is 15.7. The van der Waals surface area contributed by atoms with E-state index in [1.165, 1.54) is 24.2 Å². The second kappa shape index (κ2) is 9.45. The minimum Gasteiger partial charge on any atom is -0.455 e. The maximum absolute atomic E-state index is 13.7. The topological polar surface area (TPSA) is 68.7 Å². The number of aromatic nitrogens is 1. The number of carbonyl (C=O) groups is 2. The van der Waals surface area contributed by atoms with E-state index in [0.29, 0.717) is 11.3 Å². The van der Waals surface area contributed by atoms with E-state index in [0.717, 1.165) is 0 Å². The van der Waals surface area contributed by atoms with E-state index in [1.54, 1.807) is 60.8 Å². The first kappa shape index (κ1) is 20.0. The van der Waals surface area contributed by atoms with Crippen molar-refractivity contribution in [1.82, 2.24) is 9.88 Å². The van der Waals surface area contributed by atoms with Crippen molar-refractivity contribution >= 4 is 11.9 Å². The molecule has 0 unspecified atom stereocenters. The van der Waals surface area contributed by atoms with Crippen LogP contribution in [-0.4, -0.2) is 35.4 Å².